The van der Waals surface area contributed by atoms with Crippen molar-refractivity contribution in [1.29, 1.82) is 0 Å². The molecule has 0 aliphatic rings. The Labute approximate surface area is 342 Å². The molecular weight excluding hydrogens is 719 g/mol. The molecule has 0 N–H and O–H groups in total. The summed E-state index contributed by atoms with van der Waals surface area (Å²) in [6.45, 7) is 0. The molecule has 10 aromatic carbocycles. The second kappa shape index (κ2) is 14.4. The number of benzene rings is 10. The summed E-state index contributed by atoms with van der Waals surface area (Å²) >= 11 is 1.88. The fourth-order valence-corrected chi connectivity index (χ4v) is 9.91. The Kier molecular flexibility index (Phi) is 8.42. The molecule has 0 saturated heterocycles. The fraction of sp³-hybridized carbons (Fsp3) is 0. The van der Waals surface area contributed by atoms with Crippen LogP contribution in [0.2, 0.25) is 0 Å². The monoisotopic (exact) mass is 755 g/mol. The number of thiophene rings is 1. The van der Waals surface area contributed by atoms with Crippen molar-refractivity contribution in [2.45, 2.75) is 0 Å². The number of hydrogen-bond acceptors (Lipinski definition) is 2. The van der Waals surface area contributed by atoms with Crippen molar-refractivity contribution in [1.82, 2.24) is 0 Å². The van der Waals surface area contributed by atoms with Crippen LogP contribution in [-0.4, -0.2) is 0 Å². The van der Waals surface area contributed by atoms with Crippen LogP contribution in [0.5, 0.6) is 0 Å². The lowest BCUT2D eigenvalue weighted by atomic mass is 9.94. The van der Waals surface area contributed by atoms with Crippen molar-refractivity contribution < 1.29 is 0 Å². The molecule has 0 aliphatic heterocycles. The summed E-state index contributed by atoms with van der Waals surface area (Å²) in [5, 5.41) is 7.52. The number of rotatable bonds is 7. The Morgan fingerprint density at radius 1 is 0.310 bits per heavy atom. The van der Waals surface area contributed by atoms with E-state index in [1.807, 2.05) is 11.3 Å². The van der Waals surface area contributed by atoms with E-state index in [2.05, 4.69) is 229 Å². The molecule has 0 fully saturated rings. The van der Waals surface area contributed by atoms with E-state index >= 15 is 0 Å². The maximum absolute atomic E-state index is 2.47. The van der Waals surface area contributed by atoms with Crippen molar-refractivity contribution in [2.75, 3.05) is 4.90 Å². The lowest BCUT2D eigenvalue weighted by Crippen LogP contribution is -2.10. The van der Waals surface area contributed by atoms with Gasteiger partial charge in [-0.2, -0.15) is 0 Å². The van der Waals surface area contributed by atoms with Crippen LogP contribution in [0, 0.1) is 0 Å². The van der Waals surface area contributed by atoms with Gasteiger partial charge in [0.15, 0.2) is 0 Å². The second-order valence-corrected chi connectivity index (χ2v) is 15.9. The van der Waals surface area contributed by atoms with E-state index in [0.29, 0.717) is 0 Å². The molecule has 0 spiro atoms. The molecule has 1 heterocycles. The molecule has 1 aromatic heterocycles. The van der Waals surface area contributed by atoms with E-state index in [4.69, 9.17) is 0 Å². The Bertz CT molecular complexity index is 3250. The summed E-state index contributed by atoms with van der Waals surface area (Å²) in [7, 11) is 0. The molecule has 0 saturated carbocycles. The number of fused-ring (bicyclic) bond motifs is 6. The predicted molar refractivity (Wildman–Crippen MR) is 251 cm³/mol. The van der Waals surface area contributed by atoms with Gasteiger partial charge in [-0.3, -0.25) is 0 Å². The molecule has 11 aromatic rings. The molecule has 1 nitrogen and oxygen atoms in total. The SMILES string of the molecule is c1ccc(-c2ccc(-c3ccc(N(c4ccc(-c5ccccc5-c5ccccc5)cc4)c4ccc5ccc6ccccc6c5c4)c4c3sc3ccccc34)cc2)cc1. The zero-order valence-electron chi connectivity index (χ0n) is 31.7. The number of nitrogens with zero attached hydrogens (tertiary/aromatic N) is 1. The first-order valence-corrected chi connectivity index (χ1v) is 20.7. The summed E-state index contributed by atoms with van der Waals surface area (Å²) < 4.78 is 2.57. The van der Waals surface area contributed by atoms with Crippen molar-refractivity contribution in [3.8, 4) is 44.5 Å². The van der Waals surface area contributed by atoms with Gasteiger partial charge in [0.2, 0.25) is 0 Å². The zero-order chi connectivity index (χ0) is 38.4. The molecule has 0 amide bonds. The molecule has 0 radical (unpaired) electrons. The van der Waals surface area contributed by atoms with E-state index < -0.39 is 0 Å². The zero-order valence-corrected chi connectivity index (χ0v) is 32.5. The summed E-state index contributed by atoms with van der Waals surface area (Å²) in [5.41, 5.74) is 13.2. The predicted octanol–water partition coefficient (Wildman–Crippen LogP) is 16.5. The average molecular weight is 756 g/mol. The summed E-state index contributed by atoms with van der Waals surface area (Å²) in [6, 6.07) is 81.9. The van der Waals surface area contributed by atoms with Crippen LogP contribution in [0.1, 0.15) is 0 Å². The normalized spacial score (nSPS) is 11.4. The Morgan fingerprint density at radius 2 is 0.810 bits per heavy atom. The van der Waals surface area contributed by atoms with E-state index in [1.165, 1.54) is 86.2 Å². The molecule has 272 valence electrons. The minimum absolute atomic E-state index is 1.11. The van der Waals surface area contributed by atoms with Crippen LogP contribution < -0.4 is 4.90 Å². The molecule has 0 unspecified atom stereocenters. The first-order valence-electron chi connectivity index (χ1n) is 19.8. The van der Waals surface area contributed by atoms with E-state index in [-0.39, 0.29) is 0 Å². The van der Waals surface area contributed by atoms with Crippen LogP contribution >= 0.6 is 11.3 Å². The fourth-order valence-electron chi connectivity index (χ4n) is 8.65. The van der Waals surface area contributed by atoms with Gasteiger partial charge in [0.1, 0.15) is 0 Å². The third-order valence-corrected chi connectivity index (χ3v) is 12.7. The van der Waals surface area contributed by atoms with Gasteiger partial charge in [-0.15, -0.1) is 11.3 Å². The molecule has 0 atom stereocenters. The number of anilines is 3. The highest BCUT2D eigenvalue weighted by Crippen LogP contribution is 2.49. The Morgan fingerprint density at radius 3 is 1.55 bits per heavy atom. The Balaban J connectivity index is 1.12. The van der Waals surface area contributed by atoms with E-state index in [0.717, 1.165) is 17.1 Å². The van der Waals surface area contributed by atoms with Crippen molar-refractivity contribution >= 4 is 70.1 Å². The van der Waals surface area contributed by atoms with Crippen molar-refractivity contribution in [2.24, 2.45) is 0 Å². The first-order chi connectivity index (χ1) is 28.8. The molecule has 2 heteroatoms. The summed E-state index contributed by atoms with van der Waals surface area (Å²) in [6.07, 6.45) is 0. The van der Waals surface area contributed by atoms with Gasteiger partial charge >= 0.3 is 0 Å². The minimum Gasteiger partial charge on any atom is -0.310 e. The van der Waals surface area contributed by atoms with Crippen molar-refractivity contribution in [3.05, 3.63) is 224 Å². The second-order valence-electron chi connectivity index (χ2n) is 14.9. The summed E-state index contributed by atoms with van der Waals surface area (Å²) in [4.78, 5) is 2.47. The van der Waals surface area contributed by atoms with Gasteiger partial charge in [-0.1, -0.05) is 188 Å². The largest absolute Gasteiger partial charge is 0.310 e. The Hall–Kier alpha value is -7.26. The molecule has 11 rings (SSSR count). The molecule has 0 aliphatic carbocycles. The van der Waals surface area contributed by atoms with Gasteiger partial charge in [-0.05, 0) is 102 Å². The maximum Gasteiger partial charge on any atom is 0.0555 e. The van der Waals surface area contributed by atoms with E-state index in [9.17, 15) is 0 Å². The quantitative estimate of drug-likeness (QED) is 0.146. The van der Waals surface area contributed by atoms with Gasteiger partial charge < -0.3 is 4.90 Å². The molecular formula is C56H37NS. The van der Waals surface area contributed by atoms with Gasteiger partial charge in [-0.25, -0.2) is 0 Å². The van der Waals surface area contributed by atoms with Gasteiger partial charge in [0.25, 0.3) is 0 Å². The average Bonchev–Trinajstić information content (AvgIpc) is 3.70. The highest BCUT2D eigenvalue weighted by molar-refractivity contribution is 7.26. The first kappa shape index (κ1) is 34.0. The van der Waals surface area contributed by atoms with Gasteiger partial charge in [0, 0.05) is 31.5 Å². The number of hydrogen-bond donors (Lipinski definition) is 0. The minimum atomic E-state index is 1.11. The van der Waals surface area contributed by atoms with Crippen LogP contribution in [0.15, 0.2) is 224 Å². The van der Waals surface area contributed by atoms with E-state index in [1.54, 1.807) is 0 Å². The van der Waals surface area contributed by atoms with Crippen LogP contribution in [0.25, 0.3) is 86.2 Å². The lowest BCUT2D eigenvalue weighted by Gasteiger charge is -2.28. The van der Waals surface area contributed by atoms with Crippen LogP contribution in [-0.2, 0) is 0 Å². The molecule has 58 heavy (non-hydrogen) atoms. The highest BCUT2D eigenvalue weighted by atomic mass is 32.1. The lowest BCUT2D eigenvalue weighted by molar-refractivity contribution is 1.31. The molecule has 0 bridgehead atoms. The highest BCUT2D eigenvalue weighted by Gasteiger charge is 2.22. The van der Waals surface area contributed by atoms with Crippen LogP contribution in [0.3, 0.4) is 0 Å². The third-order valence-electron chi connectivity index (χ3n) is 11.5. The van der Waals surface area contributed by atoms with Crippen molar-refractivity contribution in [3.63, 3.8) is 0 Å². The standard InChI is InChI=1S/C56H37NS/c1-3-13-38(14-4-1)39-23-25-43(26-24-39)50-35-36-53(55-51-21-11-12-22-54(51)58-56(50)55)57(46-34-31-44-28-27-41-17-7-8-20-49(41)52(44)37-46)45-32-29-42(30-33-45)48-19-10-9-18-47(48)40-15-5-2-6-16-40/h1-37H. The topological polar surface area (TPSA) is 3.24 Å². The third kappa shape index (κ3) is 5.94. The smallest absolute Gasteiger partial charge is 0.0555 e. The van der Waals surface area contributed by atoms with Gasteiger partial charge in [0.05, 0.1) is 5.69 Å². The van der Waals surface area contributed by atoms with Crippen LogP contribution in [0.4, 0.5) is 17.1 Å². The maximum atomic E-state index is 2.47. The summed E-state index contributed by atoms with van der Waals surface area (Å²) in [5.74, 6) is 0.